The summed E-state index contributed by atoms with van der Waals surface area (Å²) in [5.41, 5.74) is 5.93. The fraction of sp³-hybridized carbons (Fsp3) is 0.192. The van der Waals surface area contributed by atoms with Crippen molar-refractivity contribution in [1.29, 1.82) is 0 Å². The van der Waals surface area contributed by atoms with Gasteiger partial charge in [-0.1, -0.05) is 44.0 Å². The van der Waals surface area contributed by atoms with Gasteiger partial charge in [0, 0.05) is 11.1 Å². The Balaban J connectivity index is 2.52. The fourth-order valence-corrected chi connectivity index (χ4v) is 2.74. The lowest BCUT2D eigenvalue weighted by atomic mass is 9.93. The zero-order chi connectivity index (χ0) is 22.6. The number of benzene rings is 2. The second kappa shape index (κ2) is 9.42. The first-order valence-corrected chi connectivity index (χ1v) is 9.49. The van der Waals surface area contributed by atoms with E-state index >= 15 is 0 Å². The number of ether oxygens (including phenoxy) is 2. The Morgan fingerprint density at radius 3 is 2.07 bits per heavy atom. The summed E-state index contributed by atoms with van der Waals surface area (Å²) < 4.78 is 11.0. The van der Waals surface area contributed by atoms with E-state index in [1.54, 1.807) is 32.0 Å². The van der Waals surface area contributed by atoms with Crippen LogP contribution in [0, 0.1) is 0 Å². The Hall–Kier alpha value is -3.37. The number of aliphatic hydroxyl groups excluding tert-OH is 1. The average Bonchev–Trinajstić information content (AvgIpc) is 2.67. The molecule has 0 aliphatic rings. The smallest absolute Gasteiger partial charge is 0.338 e. The third-order valence-corrected chi connectivity index (χ3v) is 4.42. The standard InChI is InChI=1S/C26H28O4/c1-15(2)22-14-20(29-25(27)17(5)6)10-11-21(22)19-9-12-24(23(13-19)16(3)4)30-26(28)18(7)8/h9-14,26,28H,1,3,5,7H2,2,4,6,8H3. The minimum Gasteiger partial charge on any atom is -0.461 e. The molecule has 2 aromatic rings. The van der Waals surface area contributed by atoms with Gasteiger partial charge in [0.2, 0.25) is 6.29 Å². The van der Waals surface area contributed by atoms with Crippen molar-refractivity contribution >= 4 is 17.1 Å². The highest BCUT2D eigenvalue weighted by molar-refractivity contribution is 5.89. The molecule has 0 heterocycles. The first-order chi connectivity index (χ1) is 14.0. The van der Waals surface area contributed by atoms with Crippen LogP contribution in [0.1, 0.15) is 38.8 Å². The van der Waals surface area contributed by atoms with Crippen molar-refractivity contribution in [2.24, 2.45) is 0 Å². The van der Waals surface area contributed by atoms with Gasteiger partial charge in [0.25, 0.3) is 0 Å². The van der Waals surface area contributed by atoms with Crippen LogP contribution in [0.3, 0.4) is 0 Å². The SMILES string of the molecule is C=C(C)C(=O)Oc1ccc(-c2ccc(OC(O)C(=C)C)c(C(=C)C)c2)c(C(=C)C)c1. The van der Waals surface area contributed by atoms with E-state index in [1.165, 1.54) is 0 Å². The second-order valence-corrected chi connectivity index (χ2v) is 7.47. The van der Waals surface area contributed by atoms with Crippen molar-refractivity contribution in [3.8, 4) is 22.6 Å². The molecule has 0 saturated heterocycles. The maximum atomic E-state index is 11.8. The summed E-state index contributed by atoms with van der Waals surface area (Å²) in [5, 5.41) is 10.0. The first kappa shape index (κ1) is 22.9. The third kappa shape index (κ3) is 5.37. The van der Waals surface area contributed by atoms with Crippen LogP contribution in [0.5, 0.6) is 11.5 Å². The molecule has 0 bridgehead atoms. The number of rotatable bonds is 8. The Kier molecular flexibility index (Phi) is 7.19. The molecule has 1 unspecified atom stereocenters. The minimum atomic E-state index is -1.10. The van der Waals surface area contributed by atoms with Gasteiger partial charge in [-0.15, -0.1) is 0 Å². The molecular formula is C26H28O4. The molecule has 0 saturated carbocycles. The van der Waals surface area contributed by atoms with Gasteiger partial charge in [0.05, 0.1) is 0 Å². The van der Waals surface area contributed by atoms with Crippen molar-refractivity contribution in [2.45, 2.75) is 34.0 Å². The van der Waals surface area contributed by atoms with Gasteiger partial charge in [-0.25, -0.2) is 4.79 Å². The van der Waals surface area contributed by atoms with E-state index < -0.39 is 12.3 Å². The third-order valence-electron chi connectivity index (χ3n) is 4.42. The molecular weight excluding hydrogens is 376 g/mol. The summed E-state index contributed by atoms with van der Waals surface area (Å²) in [6.07, 6.45) is -1.10. The van der Waals surface area contributed by atoms with Crippen LogP contribution in [0.2, 0.25) is 0 Å². The number of carbonyl (C=O) groups is 1. The van der Waals surface area contributed by atoms with E-state index in [0.717, 1.165) is 33.4 Å². The van der Waals surface area contributed by atoms with E-state index in [9.17, 15) is 9.90 Å². The van der Waals surface area contributed by atoms with Gasteiger partial charge < -0.3 is 14.6 Å². The van der Waals surface area contributed by atoms with Gasteiger partial charge >= 0.3 is 5.97 Å². The summed E-state index contributed by atoms with van der Waals surface area (Å²) in [6, 6.07) is 11.0. The molecule has 0 aliphatic heterocycles. The summed E-state index contributed by atoms with van der Waals surface area (Å²) in [5.74, 6) is 0.470. The van der Waals surface area contributed by atoms with E-state index in [1.807, 2.05) is 32.0 Å². The van der Waals surface area contributed by atoms with E-state index in [2.05, 4.69) is 26.3 Å². The van der Waals surface area contributed by atoms with Crippen LogP contribution < -0.4 is 9.47 Å². The van der Waals surface area contributed by atoms with Crippen molar-refractivity contribution < 1.29 is 19.4 Å². The largest absolute Gasteiger partial charge is 0.461 e. The quantitative estimate of drug-likeness (QED) is 0.188. The average molecular weight is 405 g/mol. The van der Waals surface area contributed by atoms with Crippen molar-refractivity contribution in [2.75, 3.05) is 0 Å². The predicted octanol–water partition coefficient (Wildman–Crippen LogP) is 6.17. The molecule has 0 fully saturated rings. The molecule has 1 atom stereocenters. The van der Waals surface area contributed by atoms with Gasteiger partial charge in [0.15, 0.2) is 0 Å². The monoisotopic (exact) mass is 404 g/mol. The highest BCUT2D eigenvalue weighted by atomic mass is 16.6. The molecule has 2 rings (SSSR count). The number of aliphatic hydroxyl groups is 1. The second-order valence-electron chi connectivity index (χ2n) is 7.47. The molecule has 0 radical (unpaired) electrons. The lowest BCUT2D eigenvalue weighted by Crippen LogP contribution is -2.16. The fourth-order valence-electron chi connectivity index (χ4n) is 2.74. The molecule has 0 amide bonds. The predicted molar refractivity (Wildman–Crippen MR) is 123 cm³/mol. The number of carbonyl (C=O) groups excluding carboxylic acids is 1. The minimum absolute atomic E-state index is 0.328. The highest BCUT2D eigenvalue weighted by Gasteiger charge is 2.15. The van der Waals surface area contributed by atoms with Gasteiger partial charge in [-0.05, 0) is 79.8 Å². The normalized spacial score (nSPS) is 11.4. The lowest BCUT2D eigenvalue weighted by molar-refractivity contribution is -0.130. The van der Waals surface area contributed by atoms with Crippen LogP contribution in [-0.4, -0.2) is 17.4 Å². The maximum Gasteiger partial charge on any atom is 0.338 e. The first-order valence-electron chi connectivity index (χ1n) is 9.49. The Labute approximate surface area is 178 Å². The molecule has 30 heavy (non-hydrogen) atoms. The number of hydrogen-bond donors (Lipinski definition) is 1. The summed E-state index contributed by atoms with van der Waals surface area (Å²) in [7, 11) is 0. The van der Waals surface area contributed by atoms with Crippen LogP contribution in [0.25, 0.3) is 22.3 Å². The van der Waals surface area contributed by atoms with Crippen LogP contribution in [-0.2, 0) is 4.79 Å². The molecule has 0 aliphatic carbocycles. The van der Waals surface area contributed by atoms with Crippen molar-refractivity contribution in [3.05, 3.63) is 85.0 Å². The lowest BCUT2D eigenvalue weighted by Gasteiger charge is -2.18. The van der Waals surface area contributed by atoms with Gasteiger partial charge in [-0.2, -0.15) is 0 Å². The van der Waals surface area contributed by atoms with E-state index in [-0.39, 0.29) is 0 Å². The zero-order valence-corrected chi connectivity index (χ0v) is 18.0. The molecule has 0 aromatic heterocycles. The molecule has 4 nitrogen and oxygen atoms in total. The van der Waals surface area contributed by atoms with Crippen molar-refractivity contribution in [3.63, 3.8) is 0 Å². The zero-order valence-electron chi connectivity index (χ0n) is 18.0. The Bertz CT molecular complexity index is 1040. The summed E-state index contributed by atoms with van der Waals surface area (Å²) >= 11 is 0. The molecule has 0 spiro atoms. The van der Waals surface area contributed by atoms with Gasteiger partial charge in [-0.3, -0.25) is 0 Å². The summed E-state index contributed by atoms with van der Waals surface area (Å²) in [4.78, 5) is 11.8. The van der Waals surface area contributed by atoms with Crippen LogP contribution in [0.4, 0.5) is 0 Å². The van der Waals surface area contributed by atoms with Gasteiger partial charge in [0.1, 0.15) is 11.5 Å². The number of allylic oxidation sites excluding steroid dienone is 2. The number of esters is 1. The van der Waals surface area contributed by atoms with E-state index in [4.69, 9.17) is 9.47 Å². The molecule has 156 valence electrons. The Morgan fingerprint density at radius 1 is 0.900 bits per heavy atom. The molecule has 4 heteroatoms. The molecule has 2 aromatic carbocycles. The topological polar surface area (TPSA) is 55.8 Å². The summed E-state index contributed by atoms with van der Waals surface area (Å²) in [6.45, 7) is 22.5. The Morgan fingerprint density at radius 2 is 1.53 bits per heavy atom. The van der Waals surface area contributed by atoms with Crippen LogP contribution in [0.15, 0.2) is 73.9 Å². The number of hydrogen-bond acceptors (Lipinski definition) is 4. The molecule has 1 N–H and O–H groups in total. The van der Waals surface area contributed by atoms with E-state index in [0.29, 0.717) is 22.6 Å². The highest BCUT2D eigenvalue weighted by Crippen LogP contribution is 2.36. The van der Waals surface area contributed by atoms with Crippen LogP contribution >= 0.6 is 0 Å². The van der Waals surface area contributed by atoms with Crippen molar-refractivity contribution in [1.82, 2.24) is 0 Å². The maximum absolute atomic E-state index is 11.8.